The molecule has 2 aromatic heterocycles. The molecule has 0 aliphatic rings. The van der Waals surface area contributed by atoms with Gasteiger partial charge in [0.05, 0.1) is 11.0 Å². The van der Waals surface area contributed by atoms with Crippen LogP contribution in [0.3, 0.4) is 0 Å². The fourth-order valence-corrected chi connectivity index (χ4v) is 4.61. The van der Waals surface area contributed by atoms with Crippen LogP contribution in [0.2, 0.25) is 0 Å². The summed E-state index contributed by atoms with van der Waals surface area (Å²) in [7, 11) is 4.18. The smallest absolute Gasteiger partial charge is 0.267 e. The molecule has 0 saturated heterocycles. The average molecular weight is 440 g/mol. The number of carbonyl (C=O) groups is 1. The van der Waals surface area contributed by atoms with Crippen molar-refractivity contribution in [3.05, 3.63) is 59.9 Å². The van der Waals surface area contributed by atoms with Crippen molar-refractivity contribution in [2.45, 2.75) is 31.3 Å². The van der Waals surface area contributed by atoms with Gasteiger partial charge in [-0.3, -0.25) is 15.0 Å². The Morgan fingerprint density at radius 1 is 1.32 bits per heavy atom. The molecule has 2 N–H and O–H groups in total. The minimum Gasteiger partial charge on any atom is -0.318 e. The summed E-state index contributed by atoms with van der Waals surface area (Å²) in [5.74, 6) is 0.220. The number of carbonyl (C=O) groups excluding carboxylic acids is 1. The van der Waals surface area contributed by atoms with Crippen LogP contribution < -0.4 is 5.48 Å². The lowest BCUT2D eigenvalue weighted by Crippen LogP contribution is -2.32. The third-order valence-corrected chi connectivity index (χ3v) is 5.74. The number of aromatic nitrogens is 3. The van der Waals surface area contributed by atoms with E-state index in [9.17, 15) is 4.79 Å². The Morgan fingerprint density at radius 2 is 2.13 bits per heavy atom. The molecule has 3 aromatic rings. The van der Waals surface area contributed by atoms with Crippen molar-refractivity contribution in [2.24, 2.45) is 5.41 Å². The Kier molecular flexibility index (Phi) is 7.48. The molecule has 2 heterocycles. The van der Waals surface area contributed by atoms with Crippen molar-refractivity contribution >= 4 is 34.8 Å². The lowest BCUT2D eigenvalue weighted by atomic mass is 9.93. The largest absolute Gasteiger partial charge is 0.318 e. The van der Waals surface area contributed by atoms with Crippen molar-refractivity contribution in [2.75, 3.05) is 20.6 Å². The number of amides is 1. The Labute approximate surface area is 187 Å². The van der Waals surface area contributed by atoms with Crippen LogP contribution in [0.4, 0.5) is 0 Å². The summed E-state index contributed by atoms with van der Waals surface area (Å²) in [5, 5.41) is 9.63. The van der Waals surface area contributed by atoms with Crippen molar-refractivity contribution in [3.63, 3.8) is 0 Å². The summed E-state index contributed by atoms with van der Waals surface area (Å²) in [4.78, 5) is 22.6. The Morgan fingerprint density at radius 3 is 2.81 bits per heavy atom. The predicted octanol–water partition coefficient (Wildman–Crippen LogP) is 3.83. The molecule has 0 spiro atoms. The van der Waals surface area contributed by atoms with Gasteiger partial charge in [-0.1, -0.05) is 37.7 Å². The van der Waals surface area contributed by atoms with E-state index in [1.165, 1.54) is 6.08 Å². The molecule has 0 aliphatic heterocycles. The van der Waals surface area contributed by atoms with E-state index in [0.717, 1.165) is 46.2 Å². The zero-order chi connectivity index (χ0) is 22.4. The van der Waals surface area contributed by atoms with Gasteiger partial charge in [0.1, 0.15) is 0 Å². The van der Waals surface area contributed by atoms with Crippen molar-refractivity contribution < 1.29 is 10.0 Å². The summed E-state index contributed by atoms with van der Waals surface area (Å²) in [5.41, 5.74) is 5.59. The minimum absolute atomic E-state index is 0.0541. The van der Waals surface area contributed by atoms with E-state index in [1.54, 1.807) is 29.5 Å². The Bertz CT molecular complexity index is 1060. The second kappa shape index (κ2) is 10.1. The standard InChI is InChI=1S/C23H29N5O2S/c1-23(2,15-27(3)4)16-28-20-9-7-17(8-10-21(29)26-30)12-19(20)25-22(28)31-14-18-6-5-11-24-13-18/h5-13,30H,14-16H2,1-4H3,(H,26,29)/b10-8+. The minimum atomic E-state index is -0.566. The van der Waals surface area contributed by atoms with E-state index in [0.29, 0.717) is 0 Å². The summed E-state index contributed by atoms with van der Waals surface area (Å²) in [6.07, 6.45) is 6.60. The van der Waals surface area contributed by atoms with E-state index in [4.69, 9.17) is 10.2 Å². The third kappa shape index (κ3) is 6.40. The molecular weight excluding hydrogens is 410 g/mol. The highest BCUT2D eigenvalue weighted by atomic mass is 32.2. The van der Waals surface area contributed by atoms with E-state index in [2.05, 4.69) is 48.5 Å². The Hall–Kier alpha value is -2.68. The zero-order valence-electron chi connectivity index (χ0n) is 18.4. The number of benzene rings is 1. The summed E-state index contributed by atoms with van der Waals surface area (Å²) >= 11 is 1.70. The number of hydrogen-bond acceptors (Lipinski definition) is 6. The number of nitrogens with zero attached hydrogens (tertiary/aromatic N) is 4. The SMILES string of the molecule is CN(C)CC(C)(C)Cn1c(SCc2cccnc2)nc2cc(/C=C/C(=O)NO)ccc21. The van der Waals surface area contributed by atoms with Crippen LogP contribution in [0, 0.1) is 5.41 Å². The number of hydroxylamine groups is 1. The maximum Gasteiger partial charge on any atom is 0.267 e. The average Bonchev–Trinajstić information content (AvgIpc) is 3.06. The van der Waals surface area contributed by atoms with Gasteiger partial charge in [-0.05, 0) is 54.9 Å². The first-order valence-corrected chi connectivity index (χ1v) is 11.0. The fourth-order valence-electron chi connectivity index (χ4n) is 3.67. The summed E-state index contributed by atoms with van der Waals surface area (Å²) < 4.78 is 2.29. The highest BCUT2D eigenvalue weighted by molar-refractivity contribution is 7.98. The first kappa shape index (κ1) is 23.0. The molecule has 0 aliphatic carbocycles. The number of hydrogen-bond donors (Lipinski definition) is 2. The van der Waals surface area contributed by atoms with Gasteiger partial charge in [-0.25, -0.2) is 10.5 Å². The van der Waals surface area contributed by atoms with Crippen LogP contribution in [-0.2, 0) is 17.1 Å². The van der Waals surface area contributed by atoms with Gasteiger partial charge in [-0.15, -0.1) is 0 Å². The molecular formula is C23H29N5O2S. The molecule has 8 heteroatoms. The highest BCUT2D eigenvalue weighted by Gasteiger charge is 2.23. The zero-order valence-corrected chi connectivity index (χ0v) is 19.2. The predicted molar refractivity (Wildman–Crippen MR) is 125 cm³/mol. The molecule has 164 valence electrons. The topological polar surface area (TPSA) is 83.3 Å². The highest BCUT2D eigenvalue weighted by Crippen LogP contribution is 2.31. The van der Waals surface area contributed by atoms with Crippen LogP contribution >= 0.6 is 11.8 Å². The summed E-state index contributed by atoms with van der Waals surface area (Å²) in [6.45, 7) is 6.31. The second-order valence-electron chi connectivity index (χ2n) is 8.59. The van der Waals surface area contributed by atoms with Gasteiger partial charge < -0.3 is 9.47 Å². The number of imidazole rings is 1. The number of nitrogens with one attached hydrogen (secondary N) is 1. The molecule has 3 rings (SSSR count). The van der Waals surface area contributed by atoms with Gasteiger partial charge in [-0.2, -0.15) is 0 Å². The molecule has 0 fully saturated rings. The number of fused-ring (bicyclic) bond motifs is 1. The number of pyridine rings is 1. The molecule has 0 unspecified atom stereocenters. The molecule has 0 radical (unpaired) electrons. The lowest BCUT2D eigenvalue weighted by Gasteiger charge is -2.29. The molecule has 7 nitrogen and oxygen atoms in total. The summed E-state index contributed by atoms with van der Waals surface area (Å²) in [6, 6.07) is 9.97. The van der Waals surface area contributed by atoms with Gasteiger partial charge in [0.25, 0.3) is 5.91 Å². The number of thioether (sulfide) groups is 1. The molecule has 1 aromatic carbocycles. The van der Waals surface area contributed by atoms with E-state index >= 15 is 0 Å². The molecule has 1 amide bonds. The van der Waals surface area contributed by atoms with E-state index in [1.807, 2.05) is 30.5 Å². The first-order valence-electron chi connectivity index (χ1n) is 10.1. The van der Waals surface area contributed by atoms with E-state index in [-0.39, 0.29) is 5.41 Å². The van der Waals surface area contributed by atoms with Crippen LogP contribution in [0.5, 0.6) is 0 Å². The Balaban J connectivity index is 1.95. The third-order valence-electron chi connectivity index (χ3n) is 4.70. The maximum absolute atomic E-state index is 11.3. The molecule has 0 saturated carbocycles. The maximum atomic E-state index is 11.3. The monoisotopic (exact) mass is 439 g/mol. The van der Waals surface area contributed by atoms with Gasteiger partial charge in [0.15, 0.2) is 5.16 Å². The molecule has 0 atom stereocenters. The second-order valence-corrected chi connectivity index (χ2v) is 9.53. The van der Waals surface area contributed by atoms with Gasteiger partial charge >= 0.3 is 0 Å². The molecule has 31 heavy (non-hydrogen) atoms. The fraction of sp³-hybridized carbons (Fsp3) is 0.348. The normalized spacial score (nSPS) is 12.2. The molecule has 0 bridgehead atoms. The van der Waals surface area contributed by atoms with Crippen LogP contribution in [0.1, 0.15) is 25.0 Å². The van der Waals surface area contributed by atoms with Crippen LogP contribution in [0.25, 0.3) is 17.1 Å². The van der Waals surface area contributed by atoms with Crippen LogP contribution in [0.15, 0.2) is 54.0 Å². The van der Waals surface area contributed by atoms with Gasteiger partial charge in [0.2, 0.25) is 0 Å². The quantitative estimate of drug-likeness (QED) is 0.228. The van der Waals surface area contributed by atoms with Gasteiger partial charge in [0, 0.05) is 37.3 Å². The van der Waals surface area contributed by atoms with Crippen molar-refractivity contribution in [3.8, 4) is 0 Å². The van der Waals surface area contributed by atoms with E-state index < -0.39 is 5.91 Å². The first-order chi connectivity index (χ1) is 14.8. The lowest BCUT2D eigenvalue weighted by molar-refractivity contribution is -0.124. The van der Waals surface area contributed by atoms with Crippen molar-refractivity contribution in [1.29, 1.82) is 0 Å². The van der Waals surface area contributed by atoms with Crippen molar-refractivity contribution in [1.82, 2.24) is 24.9 Å². The number of rotatable bonds is 9. The van der Waals surface area contributed by atoms with Crippen LogP contribution in [-0.4, -0.2) is 51.2 Å².